The Bertz CT molecular complexity index is 602. The number of esters is 1. The second-order valence-electron chi connectivity index (χ2n) is 8.67. The molecule has 3 N–H and O–H groups in total. The van der Waals surface area contributed by atoms with Crippen LogP contribution in [0.15, 0.2) is 36.5 Å². The molecule has 0 aromatic carbocycles. The second-order valence-corrected chi connectivity index (χ2v) is 8.67. The maximum atomic E-state index is 12.0. The van der Waals surface area contributed by atoms with E-state index in [2.05, 4.69) is 43.4 Å². The molecule has 0 saturated carbocycles. The molecule has 1 saturated heterocycles. The number of hydrogen-bond acceptors (Lipinski definition) is 7. The Morgan fingerprint density at radius 2 is 1.47 bits per heavy atom. The van der Waals surface area contributed by atoms with Gasteiger partial charge in [-0.1, -0.05) is 69.6 Å². The third-order valence-electron chi connectivity index (χ3n) is 5.60. The number of aliphatic hydroxyl groups is 3. The summed E-state index contributed by atoms with van der Waals surface area (Å²) >= 11 is 0. The van der Waals surface area contributed by atoms with Crippen LogP contribution >= 0.6 is 0 Å². The largest absolute Gasteiger partial charge is 0.463 e. The molecule has 5 atom stereocenters. The van der Waals surface area contributed by atoms with Crippen LogP contribution in [0.25, 0.3) is 0 Å². The Morgan fingerprint density at radius 1 is 0.824 bits per heavy atom. The van der Waals surface area contributed by atoms with Crippen molar-refractivity contribution in [3.05, 3.63) is 36.5 Å². The summed E-state index contributed by atoms with van der Waals surface area (Å²) in [4.78, 5) is 12.0. The highest BCUT2D eigenvalue weighted by atomic mass is 16.7. The van der Waals surface area contributed by atoms with E-state index in [9.17, 15) is 20.1 Å². The lowest BCUT2D eigenvalue weighted by molar-refractivity contribution is -0.301. The van der Waals surface area contributed by atoms with Gasteiger partial charge in [0.05, 0.1) is 0 Å². The normalized spacial score (nSPS) is 25.6. The first-order chi connectivity index (χ1) is 16.5. The second kappa shape index (κ2) is 19.8. The zero-order valence-corrected chi connectivity index (χ0v) is 21.0. The molecule has 1 aliphatic heterocycles. The zero-order chi connectivity index (χ0) is 25.0. The van der Waals surface area contributed by atoms with Gasteiger partial charge in [-0.05, 0) is 44.9 Å². The minimum absolute atomic E-state index is 0.188. The van der Waals surface area contributed by atoms with Gasteiger partial charge in [0, 0.05) is 13.0 Å². The van der Waals surface area contributed by atoms with E-state index in [-0.39, 0.29) is 12.6 Å². The van der Waals surface area contributed by atoms with Crippen LogP contribution in [0.2, 0.25) is 0 Å². The number of carbonyl (C=O) groups is 1. The maximum absolute atomic E-state index is 12.0. The van der Waals surface area contributed by atoms with Crippen LogP contribution in [0, 0.1) is 0 Å². The molecule has 1 aliphatic rings. The van der Waals surface area contributed by atoms with Crippen LogP contribution in [0.1, 0.15) is 84.5 Å². The molecule has 0 aromatic heterocycles. The molecular weight excluding hydrogens is 436 g/mol. The van der Waals surface area contributed by atoms with E-state index >= 15 is 0 Å². The fourth-order valence-electron chi connectivity index (χ4n) is 3.56. The lowest BCUT2D eigenvalue weighted by Gasteiger charge is -2.39. The van der Waals surface area contributed by atoms with Crippen molar-refractivity contribution in [3.8, 4) is 0 Å². The monoisotopic (exact) mass is 482 g/mol. The van der Waals surface area contributed by atoms with Crippen LogP contribution in [0.3, 0.4) is 0 Å². The van der Waals surface area contributed by atoms with Crippen molar-refractivity contribution in [1.82, 2.24) is 0 Å². The topological polar surface area (TPSA) is 105 Å². The van der Waals surface area contributed by atoms with Crippen LogP contribution in [-0.2, 0) is 19.0 Å². The van der Waals surface area contributed by atoms with Gasteiger partial charge in [0.1, 0.15) is 31.0 Å². The van der Waals surface area contributed by atoms with Crippen molar-refractivity contribution in [2.24, 2.45) is 0 Å². The molecule has 1 rings (SSSR count). The highest BCUT2D eigenvalue weighted by Gasteiger charge is 2.44. The number of ether oxygens (including phenoxy) is 3. The Morgan fingerprint density at radius 3 is 2.18 bits per heavy atom. The van der Waals surface area contributed by atoms with Crippen LogP contribution in [0.4, 0.5) is 0 Å². The summed E-state index contributed by atoms with van der Waals surface area (Å²) in [6, 6.07) is 0. The number of unbranched alkanes of at least 4 members (excludes halogenated alkanes) is 5. The van der Waals surface area contributed by atoms with E-state index in [0.717, 1.165) is 64.2 Å². The van der Waals surface area contributed by atoms with Gasteiger partial charge in [-0.2, -0.15) is 0 Å². The van der Waals surface area contributed by atoms with Crippen molar-refractivity contribution >= 4 is 5.97 Å². The molecule has 0 amide bonds. The van der Waals surface area contributed by atoms with E-state index in [1.807, 2.05) is 6.92 Å². The third-order valence-corrected chi connectivity index (χ3v) is 5.60. The SMILES string of the molecule is CCC=CCC=CCC=CCCCCCCCC(=O)OC[C@H]1OC(OCCC)[C@H](O)[C@@H](O)[C@@H]1O. The molecule has 1 heterocycles. The molecule has 34 heavy (non-hydrogen) atoms. The van der Waals surface area contributed by atoms with E-state index in [1.165, 1.54) is 0 Å². The highest BCUT2D eigenvalue weighted by Crippen LogP contribution is 2.22. The molecule has 7 nitrogen and oxygen atoms in total. The minimum Gasteiger partial charge on any atom is -0.463 e. The van der Waals surface area contributed by atoms with E-state index in [4.69, 9.17) is 14.2 Å². The lowest BCUT2D eigenvalue weighted by Crippen LogP contribution is -2.59. The van der Waals surface area contributed by atoms with Crippen molar-refractivity contribution in [2.45, 2.75) is 115 Å². The molecule has 0 radical (unpaired) electrons. The Balaban J connectivity index is 2.07. The number of hydrogen-bond donors (Lipinski definition) is 3. The molecule has 1 unspecified atom stereocenters. The maximum Gasteiger partial charge on any atom is 0.305 e. The molecule has 0 aliphatic carbocycles. The van der Waals surface area contributed by atoms with Gasteiger partial charge >= 0.3 is 5.97 Å². The van der Waals surface area contributed by atoms with Crippen LogP contribution < -0.4 is 0 Å². The fourth-order valence-corrected chi connectivity index (χ4v) is 3.56. The quantitative estimate of drug-likeness (QED) is 0.151. The molecule has 1 fully saturated rings. The van der Waals surface area contributed by atoms with Gasteiger partial charge in [-0.25, -0.2) is 0 Å². The first kappa shape index (κ1) is 30.5. The van der Waals surface area contributed by atoms with Crippen molar-refractivity contribution in [1.29, 1.82) is 0 Å². The average molecular weight is 483 g/mol. The summed E-state index contributed by atoms with van der Waals surface area (Å²) in [5.41, 5.74) is 0. The summed E-state index contributed by atoms with van der Waals surface area (Å²) in [6.45, 7) is 4.21. The van der Waals surface area contributed by atoms with Crippen LogP contribution in [-0.4, -0.2) is 65.2 Å². The van der Waals surface area contributed by atoms with Gasteiger partial charge in [0.2, 0.25) is 0 Å². The van der Waals surface area contributed by atoms with Crippen molar-refractivity contribution < 1.29 is 34.3 Å². The molecule has 0 bridgehead atoms. The van der Waals surface area contributed by atoms with Crippen molar-refractivity contribution in [2.75, 3.05) is 13.2 Å². The predicted octanol–water partition coefficient (Wildman–Crippen LogP) is 4.35. The van der Waals surface area contributed by atoms with Crippen LogP contribution in [0.5, 0.6) is 0 Å². The highest BCUT2D eigenvalue weighted by molar-refractivity contribution is 5.69. The van der Waals surface area contributed by atoms with Gasteiger partial charge in [-0.15, -0.1) is 0 Å². The Labute approximate surface area is 205 Å². The summed E-state index contributed by atoms with van der Waals surface area (Å²) < 4.78 is 16.1. The summed E-state index contributed by atoms with van der Waals surface area (Å²) in [7, 11) is 0. The first-order valence-corrected chi connectivity index (χ1v) is 12.9. The molecule has 0 spiro atoms. The number of aliphatic hydroxyl groups excluding tert-OH is 3. The molecule has 0 aromatic rings. The van der Waals surface area contributed by atoms with E-state index in [0.29, 0.717) is 13.0 Å². The van der Waals surface area contributed by atoms with Gasteiger partial charge < -0.3 is 29.5 Å². The van der Waals surface area contributed by atoms with E-state index < -0.39 is 30.7 Å². The third kappa shape index (κ3) is 13.4. The summed E-state index contributed by atoms with van der Waals surface area (Å²) in [5, 5.41) is 30.0. The Kier molecular flexibility index (Phi) is 17.7. The Hall–Kier alpha value is -1.51. The predicted molar refractivity (Wildman–Crippen MR) is 133 cm³/mol. The van der Waals surface area contributed by atoms with Gasteiger partial charge in [-0.3, -0.25) is 4.79 Å². The fraction of sp³-hybridized carbons (Fsp3) is 0.741. The standard InChI is InChI=1S/C27H46O7/c1-3-5-6-7-8-9-10-11-12-13-14-15-16-17-18-19-23(28)33-21-22-24(29)25(30)26(31)27(34-22)32-20-4-2/h5-6,8-9,11-12,22,24-27,29-31H,3-4,7,10,13-21H2,1-2H3/t22-,24-,25+,26-,27?/m1/s1. The lowest BCUT2D eigenvalue weighted by atomic mass is 9.99. The summed E-state index contributed by atoms with van der Waals surface area (Å²) in [5.74, 6) is -0.358. The van der Waals surface area contributed by atoms with Gasteiger partial charge in [0.25, 0.3) is 0 Å². The number of carbonyl (C=O) groups excluding carboxylic acids is 1. The molecule has 196 valence electrons. The zero-order valence-electron chi connectivity index (χ0n) is 21.0. The minimum atomic E-state index is -1.42. The van der Waals surface area contributed by atoms with Gasteiger partial charge in [0.15, 0.2) is 6.29 Å². The number of rotatable bonds is 18. The van der Waals surface area contributed by atoms with E-state index in [1.54, 1.807) is 0 Å². The first-order valence-electron chi connectivity index (χ1n) is 12.9. The molecular formula is C27H46O7. The summed E-state index contributed by atoms with van der Waals surface area (Å²) in [6.07, 6.45) is 17.4. The molecule has 7 heteroatoms. The smallest absolute Gasteiger partial charge is 0.305 e. The average Bonchev–Trinajstić information content (AvgIpc) is 2.84. The van der Waals surface area contributed by atoms with Crippen molar-refractivity contribution in [3.63, 3.8) is 0 Å². The number of allylic oxidation sites excluding steroid dienone is 6.